The summed E-state index contributed by atoms with van der Waals surface area (Å²) in [6.45, 7) is 2.77. The first kappa shape index (κ1) is 12.2. The summed E-state index contributed by atoms with van der Waals surface area (Å²) in [5.74, 6) is 0. The topological polar surface area (TPSA) is 12.5 Å². The number of rotatable bonds is 6. The molecule has 0 aliphatic rings. The minimum Gasteiger partial charge on any atom is -0.383 e. The van der Waals surface area contributed by atoms with E-state index in [1.165, 1.54) is 5.56 Å². The van der Waals surface area contributed by atoms with Crippen molar-refractivity contribution < 1.29 is 4.74 Å². The summed E-state index contributed by atoms with van der Waals surface area (Å²) < 4.78 is 5.07. The molecule has 0 N–H and O–H groups in total. The summed E-state index contributed by atoms with van der Waals surface area (Å²) >= 11 is 5.33. The van der Waals surface area contributed by atoms with Crippen LogP contribution in [0.3, 0.4) is 0 Å². The smallest absolute Gasteiger partial charge is 0.0600 e. The van der Waals surface area contributed by atoms with E-state index < -0.39 is 0 Å². The van der Waals surface area contributed by atoms with Crippen molar-refractivity contribution in [1.82, 2.24) is 4.90 Å². The van der Waals surface area contributed by atoms with E-state index in [4.69, 9.17) is 4.74 Å². The lowest BCUT2D eigenvalue weighted by atomic mass is 10.3. The van der Waals surface area contributed by atoms with Crippen LogP contribution < -0.4 is 0 Å². The van der Waals surface area contributed by atoms with Crippen LogP contribution in [-0.4, -0.2) is 37.0 Å². The maximum absolute atomic E-state index is 5.07. The van der Waals surface area contributed by atoms with Gasteiger partial charge in [0.2, 0.25) is 0 Å². The van der Waals surface area contributed by atoms with E-state index in [2.05, 4.69) is 44.7 Å². The predicted molar refractivity (Wildman–Crippen MR) is 65.2 cm³/mol. The van der Waals surface area contributed by atoms with Crippen molar-refractivity contribution in [2.45, 2.75) is 11.4 Å². The van der Waals surface area contributed by atoms with E-state index in [1.807, 2.05) is 0 Å². The van der Waals surface area contributed by atoms with Crippen molar-refractivity contribution in [3.63, 3.8) is 0 Å². The minimum absolute atomic E-state index is 0.413. The van der Waals surface area contributed by atoms with Crippen molar-refractivity contribution in [2.75, 3.05) is 27.3 Å². The van der Waals surface area contributed by atoms with E-state index in [9.17, 15) is 0 Å². The molecule has 4 heteroatoms. The van der Waals surface area contributed by atoms with Crippen LogP contribution in [0, 0.1) is 0 Å². The van der Waals surface area contributed by atoms with Crippen LogP contribution in [-0.2, 0) is 11.3 Å². The lowest BCUT2D eigenvalue weighted by Crippen LogP contribution is -2.27. The van der Waals surface area contributed by atoms with Gasteiger partial charge in [-0.1, -0.05) is 15.9 Å². The van der Waals surface area contributed by atoms with Crippen molar-refractivity contribution >= 4 is 27.3 Å². The van der Waals surface area contributed by atoms with Crippen molar-refractivity contribution in [2.24, 2.45) is 0 Å². The summed E-state index contributed by atoms with van der Waals surface area (Å²) in [7, 11) is 3.86. The highest BCUT2D eigenvalue weighted by molar-refractivity contribution is 9.09. The Morgan fingerprint density at radius 3 is 3.00 bits per heavy atom. The molecule has 0 saturated carbocycles. The van der Waals surface area contributed by atoms with E-state index in [0.717, 1.165) is 19.7 Å². The maximum Gasteiger partial charge on any atom is 0.0600 e. The highest BCUT2D eigenvalue weighted by atomic mass is 79.9. The SMILES string of the molecule is COCC(Br)CN(C)Cc1ccsc1. The Balaban J connectivity index is 2.25. The van der Waals surface area contributed by atoms with Gasteiger partial charge in [-0.25, -0.2) is 0 Å². The fourth-order valence-electron chi connectivity index (χ4n) is 1.33. The molecule has 0 saturated heterocycles. The molecular weight excluding hydrogens is 262 g/mol. The number of hydrogen-bond acceptors (Lipinski definition) is 3. The Kier molecular flexibility index (Phi) is 5.70. The van der Waals surface area contributed by atoms with Crippen LogP contribution in [0.25, 0.3) is 0 Å². The molecule has 1 unspecified atom stereocenters. The first-order valence-corrected chi connectivity index (χ1v) is 6.41. The summed E-state index contributed by atoms with van der Waals surface area (Å²) in [5.41, 5.74) is 1.38. The molecule has 0 amide bonds. The van der Waals surface area contributed by atoms with Crippen molar-refractivity contribution in [3.8, 4) is 0 Å². The van der Waals surface area contributed by atoms with Gasteiger partial charge in [0.25, 0.3) is 0 Å². The van der Waals surface area contributed by atoms with E-state index in [1.54, 1.807) is 18.4 Å². The molecule has 0 aromatic carbocycles. The Morgan fingerprint density at radius 1 is 1.64 bits per heavy atom. The predicted octanol–water partition coefficient (Wildman–Crippen LogP) is 2.59. The molecule has 80 valence electrons. The average molecular weight is 278 g/mol. The van der Waals surface area contributed by atoms with Gasteiger partial charge >= 0.3 is 0 Å². The minimum atomic E-state index is 0.413. The zero-order valence-corrected chi connectivity index (χ0v) is 11.0. The summed E-state index contributed by atoms with van der Waals surface area (Å²) in [4.78, 5) is 2.71. The molecular formula is C10H16BrNOS. The molecule has 0 aliphatic heterocycles. The fourth-order valence-corrected chi connectivity index (χ4v) is 2.75. The Bertz CT molecular complexity index is 240. The number of hydrogen-bond donors (Lipinski definition) is 0. The molecule has 1 aromatic heterocycles. The molecule has 0 aliphatic carbocycles. The average Bonchev–Trinajstić information content (AvgIpc) is 2.56. The van der Waals surface area contributed by atoms with Gasteiger partial charge in [-0.05, 0) is 29.4 Å². The highest BCUT2D eigenvalue weighted by Crippen LogP contribution is 2.10. The Labute approximate surface area is 98.0 Å². The molecule has 1 heterocycles. The van der Waals surface area contributed by atoms with Crippen LogP contribution in [0.2, 0.25) is 0 Å². The third kappa shape index (κ3) is 4.55. The molecule has 1 aromatic rings. The van der Waals surface area contributed by atoms with Gasteiger partial charge in [0.05, 0.1) is 11.4 Å². The fraction of sp³-hybridized carbons (Fsp3) is 0.600. The van der Waals surface area contributed by atoms with Gasteiger partial charge in [0.1, 0.15) is 0 Å². The van der Waals surface area contributed by atoms with Crippen LogP contribution >= 0.6 is 27.3 Å². The standard InChI is InChI=1S/C10H16BrNOS/c1-12(6-10(11)7-13-2)5-9-3-4-14-8-9/h3-4,8,10H,5-7H2,1-2H3. The monoisotopic (exact) mass is 277 g/mol. The molecule has 1 atom stereocenters. The van der Waals surface area contributed by atoms with E-state index in [0.29, 0.717) is 4.83 Å². The Morgan fingerprint density at radius 2 is 2.43 bits per heavy atom. The molecule has 1 rings (SSSR count). The van der Waals surface area contributed by atoms with Crippen LogP contribution in [0.4, 0.5) is 0 Å². The first-order valence-electron chi connectivity index (χ1n) is 4.55. The number of alkyl halides is 1. The number of thiophene rings is 1. The third-order valence-electron chi connectivity index (χ3n) is 1.89. The second-order valence-corrected chi connectivity index (χ2v) is 5.46. The van der Waals surface area contributed by atoms with E-state index in [-0.39, 0.29) is 0 Å². The van der Waals surface area contributed by atoms with Crippen LogP contribution in [0.1, 0.15) is 5.56 Å². The number of halogens is 1. The van der Waals surface area contributed by atoms with Gasteiger partial charge in [-0.15, -0.1) is 0 Å². The van der Waals surface area contributed by atoms with Gasteiger partial charge in [0.15, 0.2) is 0 Å². The van der Waals surface area contributed by atoms with Crippen LogP contribution in [0.15, 0.2) is 16.8 Å². The molecule has 0 fully saturated rings. The van der Waals surface area contributed by atoms with Gasteiger partial charge in [0, 0.05) is 20.2 Å². The summed E-state index contributed by atoms with van der Waals surface area (Å²) in [6, 6.07) is 2.17. The molecule has 0 spiro atoms. The van der Waals surface area contributed by atoms with Crippen LogP contribution in [0.5, 0.6) is 0 Å². The molecule has 2 nitrogen and oxygen atoms in total. The zero-order valence-electron chi connectivity index (χ0n) is 8.57. The number of nitrogens with zero attached hydrogens (tertiary/aromatic N) is 1. The van der Waals surface area contributed by atoms with Crippen molar-refractivity contribution in [3.05, 3.63) is 22.4 Å². The second kappa shape index (κ2) is 6.56. The number of methoxy groups -OCH3 is 1. The molecule has 14 heavy (non-hydrogen) atoms. The zero-order chi connectivity index (χ0) is 10.4. The largest absolute Gasteiger partial charge is 0.383 e. The maximum atomic E-state index is 5.07. The lowest BCUT2D eigenvalue weighted by Gasteiger charge is -2.19. The normalized spacial score (nSPS) is 13.4. The lowest BCUT2D eigenvalue weighted by molar-refractivity contribution is 0.185. The summed E-state index contributed by atoms with van der Waals surface area (Å²) in [5, 5.41) is 4.31. The quantitative estimate of drug-likeness (QED) is 0.742. The highest BCUT2D eigenvalue weighted by Gasteiger charge is 2.07. The Hall–Kier alpha value is 0.100. The van der Waals surface area contributed by atoms with E-state index >= 15 is 0 Å². The summed E-state index contributed by atoms with van der Waals surface area (Å²) in [6.07, 6.45) is 0. The van der Waals surface area contributed by atoms with Gasteiger partial charge in [-0.3, -0.25) is 0 Å². The molecule has 0 radical (unpaired) electrons. The molecule has 0 bridgehead atoms. The first-order chi connectivity index (χ1) is 6.72. The number of ether oxygens (including phenoxy) is 1. The van der Waals surface area contributed by atoms with Gasteiger partial charge in [-0.2, -0.15) is 11.3 Å². The van der Waals surface area contributed by atoms with Gasteiger partial charge < -0.3 is 9.64 Å². The second-order valence-electron chi connectivity index (χ2n) is 3.38. The van der Waals surface area contributed by atoms with Crippen molar-refractivity contribution in [1.29, 1.82) is 0 Å². The third-order valence-corrected chi connectivity index (χ3v) is 3.18.